The summed E-state index contributed by atoms with van der Waals surface area (Å²) >= 11 is 0. The Bertz CT molecular complexity index is 716. The maximum absolute atomic E-state index is 12.9. The number of para-hydroxylation sites is 1. The van der Waals surface area contributed by atoms with Crippen LogP contribution in [0.2, 0.25) is 0 Å². The minimum Gasteiger partial charge on any atom is -0.319 e. The van der Waals surface area contributed by atoms with Crippen molar-refractivity contribution in [2.75, 3.05) is 0 Å². The molecule has 4 nitrogen and oxygen atoms in total. The molecule has 1 aliphatic rings. The molecule has 100 valence electrons. The number of H-pyrrole nitrogens is 1. The Morgan fingerprint density at radius 2 is 2.00 bits per heavy atom. The number of hydrogen-bond acceptors (Lipinski definition) is 3. The van der Waals surface area contributed by atoms with Gasteiger partial charge in [0.05, 0.1) is 22.0 Å². The molecule has 1 saturated carbocycles. The third-order valence-electron chi connectivity index (χ3n) is 3.30. The number of nitrogens with two attached hydrogens (primary N) is 1. The Labute approximate surface area is 105 Å². The number of nitrogens with zero attached hydrogens (tertiary/aromatic N) is 1. The maximum atomic E-state index is 12.9. The van der Waals surface area contributed by atoms with Gasteiger partial charge < -0.3 is 10.7 Å². The predicted molar refractivity (Wildman–Crippen MR) is 62.5 cm³/mol. The molecule has 1 aliphatic carbocycles. The number of nitrogens with one attached hydrogen (secondary N) is 1. The molecule has 1 aromatic carbocycles. The van der Waals surface area contributed by atoms with E-state index >= 15 is 0 Å². The number of rotatable bonds is 1. The van der Waals surface area contributed by atoms with Crippen LogP contribution in [0.5, 0.6) is 0 Å². The van der Waals surface area contributed by atoms with Crippen molar-refractivity contribution in [2.24, 2.45) is 5.73 Å². The fraction of sp³-hybridized carbons (Fsp3) is 0.333. The van der Waals surface area contributed by atoms with Crippen molar-refractivity contribution in [3.8, 4) is 0 Å². The Morgan fingerprint density at radius 1 is 1.32 bits per heavy atom. The van der Waals surface area contributed by atoms with E-state index in [-0.39, 0.29) is 16.7 Å². The number of fused-ring (bicyclic) bond motifs is 1. The summed E-state index contributed by atoms with van der Waals surface area (Å²) in [6.07, 6.45) is -3.34. The van der Waals surface area contributed by atoms with Crippen LogP contribution in [0.3, 0.4) is 0 Å². The SMILES string of the molecule is NC1(c2nc3c(C(F)(F)F)cccc3c(=O)[nH]2)CC1. The molecule has 1 fully saturated rings. The Morgan fingerprint density at radius 3 is 2.58 bits per heavy atom. The van der Waals surface area contributed by atoms with E-state index in [1.807, 2.05) is 0 Å². The molecule has 3 rings (SSSR count). The minimum atomic E-state index is -4.55. The van der Waals surface area contributed by atoms with Gasteiger partial charge in [0.2, 0.25) is 0 Å². The van der Waals surface area contributed by atoms with E-state index in [2.05, 4.69) is 9.97 Å². The van der Waals surface area contributed by atoms with Gasteiger partial charge in [-0.05, 0) is 25.0 Å². The number of halogens is 3. The smallest absolute Gasteiger partial charge is 0.319 e. The van der Waals surface area contributed by atoms with Crippen LogP contribution >= 0.6 is 0 Å². The second kappa shape index (κ2) is 3.57. The third-order valence-corrected chi connectivity index (χ3v) is 3.30. The van der Waals surface area contributed by atoms with Crippen LogP contribution in [0.1, 0.15) is 24.2 Å². The first-order chi connectivity index (χ1) is 8.81. The van der Waals surface area contributed by atoms with E-state index in [4.69, 9.17) is 5.73 Å². The normalized spacial score (nSPS) is 17.7. The molecule has 0 radical (unpaired) electrons. The first-order valence-corrected chi connectivity index (χ1v) is 5.71. The van der Waals surface area contributed by atoms with Crippen molar-refractivity contribution >= 4 is 10.9 Å². The zero-order valence-corrected chi connectivity index (χ0v) is 9.71. The number of alkyl halides is 3. The van der Waals surface area contributed by atoms with Crippen molar-refractivity contribution in [2.45, 2.75) is 24.6 Å². The molecule has 0 aliphatic heterocycles. The third kappa shape index (κ3) is 1.90. The highest BCUT2D eigenvalue weighted by Crippen LogP contribution is 2.41. The van der Waals surface area contributed by atoms with Gasteiger partial charge >= 0.3 is 6.18 Å². The van der Waals surface area contributed by atoms with E-state index in [0.29, 0.717) is 12.8 Å². The van der Waals surface area contributed by atoms with Crippen molar-refractivity contribution in [1.82, 2.24) is 9.97 Å². The topological polar surface area (TPSA) is 71.8 Å². The molecule has 0 atom stereocenters. The average Bonchev–Trinajstić information content (AvgIpc) is 3.07. The van der Waals surface area contributed by atoms with Gasteiger partial charge in [0.1, 0.15) is 5.82 Å². The molecule has 0 bridgehead atoms. The molecule has 0 spiro atoms. The summed E-state index contributed by atoms with van der Waals surface area (Å²) in [6, 6.07) is 3.42. The average molecular weight is 269 g/mol. The standard InChI is InChI=1S/C12H10F3N3O/c13-12(14,15)7-3-1-2-6-8(7)17-10(18-9(6)19)11(16)4-5-11/h1-3H,4-5,16H2,(H,17,18,19). The highest BCUT2D eigenvalue weighted by molar-refractivity contribution is 5.81. The van der Waals surface area contributed by atoms with Crippen molar-refractivity contribution in [1.29, 1.82) is 0 Å². The Kier molecular flexibility index (Phi) is 2.28. The van der Waals surface area contributed by atoms with E-state index in [1.165, 1.54) is 12.1 Å². The molecular formula is C12H10F3N3O. The first-order valence-electron chi connectivity index (χ1n) is 5.71. The fourth-order valence-corrected chi connectivity index (χ4v) is 2.00. The largest absolute Gasteiger partial charge is 0.418 e. The zero-order valence-electron chi connectivity index (χ0n) is 9.71. The summed E-state index contributed by atoms with van der Waals surface area (Å²) in [5, 5.41) is -0.0807. The molecule has 19 heavy (non-hydrogen) atoms. The molecule has 2 aromatic rings. The van der Waals surface area contributed by atoms with Gasteiger partial charge in [-0.1, -0.05) is 6.07 Å². The van der Waals surface area contributed by atoms with Crippen LogP contribution in [-0.2, 0) is 11.7 Å². The van der Waals surface area contributed by atoms with Gasteiger partial charge in [-0.25, -0.2) is 4.98 Å². The predicted octanol–water partition coefficient (Wildman–Crippen LogP) is 1.89. The zero-order chi connectivity index (χ0) is 13.8. The summed E-state index contributed by atoms with van der Waals surface area (Å²) < 4.78 is 38.7. The summed E-state index contributed by atoms with van der Waals surface area (Å²) in [7, 11) is 0. The highest BCUT2D eigenvalue weighted by atomic mass is 19.4. The maximum Gasteiger partial charge on any atom is 0.418 e. The van der Waals surface area contributed by atoms with Gasteiger partial charge in [-0.2, -0.15) is 13.2 Å². The first kappa shape index (κ1) is 12.2. The Balaban J connectivity index is 2.35. The summed E-state index contributed by atoms with van der Waals surface area (Å²) in [5.74, 6) is 0.127. The summed E-state index contributed by atoms with van der Waals surface area (Å²) in [4.78, 5) is 18.2. The lowest BCUT2D eigenvalue weighted by atomic mass is 10.1. The van der Waals surface area contributed by atoms with Crippen LogP contribution in [0.15, 0.2) is 23.0 Å². The van der Waals surface area contributed by atoms with E-state index in [1.54, 1.807) is 0 Å². The second-order valence-electron chi connectivity index (χ2n) is 4.77. The fourth-order valence-electron chi connectivity index (χ4n) is 2.00. The summed E-state index contributed by atoms with van der Waals surface area (Å²) in [6.45, 7) is 0. The number of hydrogen-bond donors (Lipinski definition) is 2. The lowest BCUT2D eigenvalue weighted by Gasteiger charge is -2.12. The molecule has 0 amide bonds. The minimum absolute atomic E-state index is 0.0807. The van der Waals surface area contributed by atoms with E-state index < -0.39 is 22.8 Å². The van der Waals surface area contributed by atoms with Crippen molar-refractivity contribution in [3.05, 3.63) is 39.9 Å². The van der Waals surface area contributed by atoms with Gasteiger partial charge in [-0.3, -0.25) is 4.79 Å². The van der Waals surface area contributed by atoms with Gasteiger partial charge in [-0.15, -0.1) is 0 Å². The number of benzene rings is 1. The van der Waals surface area contributed by atoms with Crippen LogP contribution in [0, 0.1) is 0 Å². The second-order valence-corrected chi connectivity index (χ2v) is 4.77. The quantitative estimate of drug-likeness (QED) is 0.830. The molecule has 7 heteroatoms. The lowest BCUT2D eigenvalue weighted by molar-refractivity contribution is -0.136. The molecular weight excluding hydrogens is 259 g/mol. The molecule has 0 saturated heterocycles. The molecule has 1 heterocycles. The van der Waals surface area contributed by atoms with Crippen molar-refractivity contribution in [3.63, 3.8) is 0 Å². The van der Waals surface area contributed by atoms with Crippen LogP contribution < -0.4 is 11.3 Å². The summed E-state index contributed by atoms with van der Waals surface area (Å²) in [5.41, 5.74) is 3.24. The monoisotopic (exact) mass is 269 g/mol. The number of aromatic nitrogens is 2. The van der Waals surface area contributed by atoms with Gasteiger partial charge in [0.25, 0.3) is 5.56 Å². The number of aromatic amines is 1. The molecule has 0 unspecified atom stereocenters. The van der Waals surface area contributed by atoms with Crippen LogP contribution in [-0.4, -0.2) is 9.97 Å². The Hall–Kier alpha value is -1.89. The molecule has 3 N–H and O–H groups in total. The van der Waals surface area contributed by atoms with Gasteiger partial charge in [0, 0.05) is 0 Å². The van der Waals surface area contributed by atoms with Crippen LogP contribution in [0.4, 0.5) is 13.2 Å². The van der Waals surface area contributed by atoms with Crippen molar-refractivity contribution < 1.29 is 13.2 Å². The van der Waals surface area contributed by atoms with E-state index in [0.717, 1.165) is 6.07 Å². The van der Waals surface area contributed by atoms with Gasteiger partial charge in [0.15, 0.2) is 0 Å². The van der Waals surface area contributed by atoms with E-state index in [9.17, 15) is 18.0 Å². The lowest BCUT2D eigenvalue weighted by Crippen LogP contribution is -2.26. The van der Waals surface area contributed by atoms with Crippen LogP contribution in [0.25, 0.3) is 10.9 Å². The molecule has 1 aromatic heterocycles. The highest BCUT2D eigenvalue weighted by Gasteiger charge is 2.43.